The second kappa shape index (κ2) is 8.83. The summed E-state index contributed by atoms with van der Waals surface area (Å²) in [5.74, 6) is 0.214. The number of hydrogen-bond donors (Lipinski definition) is 1. The van der Waals surface area contributed by atoms with Gasteiger partial charge in [0.15, 0.2) is 0 Å². The zero-order chi connectivity index (χ0) is 14.9. The van der Waals surface area contributed by atoms with Crippen molar-refractivity contribution >= 4 is 5.91 Å². The molecule has 1 aliphatic rings. The van der Waals surface area contributed by atoms with E-state index < -0.39 is 0 Å². The van der Waals surface area contributed by atoms with Gasteiger partial charge in [0.05, 0.1) is 6.54 Å². The lowest BCUT2D eigenvalue weighted by atomic mass is 10.1. The fourth-order valence-electron chi connectivity index (χ4n) is 3.01. The van der Waals surface area contributed by atoms with Crippen molar-refractivity contribution in [2.45, 2.75) is 58.0 Å². The molecule has 1 aromatic carbocycles. The van der Waals surface area contributed by atoms with Gasteiger partial charge in [0.2, 0.25) is 5.91 Å². The van der Waals surface area contributed by atoms with Crippen molar-refractivity contribution in [3.05, 3.63) is 35.9 Å². The average molecular weight is 288 g/mol. The zero-order valence-electron chi connectivity index (χ0n) is 13.2. The number of likely N-dealkylation sites (N-methyl/N-ethyl adjacent to an activating group) is 1. The molecule has 0 spiro atoms. The normalized spacial score (nSPS) is 16.4. The lowest BCUT2D eigenvalue weighted by Crippen LogP contribution is -2.41. The maximum atomic E-state index is 12.4. The predicted molar refractivity (Wildman–Crippen MR) is 87.0 cm³/mol. The molecule has 3 heteroatoms. The van der Waals surface area contributed by atoms with Crippen LogP contribution in [0.15, 0.2) is 30.3 Å². The number of carbonyl (C=O) groups excluding carboxylic acids is 1. The van der Waals surface area contributed by atoms with Crippen LogP contribution < -0.4 is 5.32 Å². The van der Waals surface area contributed by atoms with Crippen molar-refractivity contribution in [1.82, 2.24) is 10.2 Å². The smallest absolute Gasteiger partial charge is 0.236 e. The van der Waals surface area contributed by atoms with Gasteiger partial charge < -0.3 is 10.2 Å². The molecule has 0 radical (unpaired) electrons. The molecular formula is C18H28N2O. The van der Waals surface area contributed by atoms with Crippen molar-refractivity contribution < 1.29 is 4.79 Å². The number of nitrogens with zero attached hydrogens (tertiary/aromatic N) is 1. The molecule has 0 bridgehead atoms. The molecule has 2 rings (SSSR count). The van der Waals surface area contributed by atoms with Crippen molar-refractivity contribution in [1.29, 1.82) is 0 Å². The first-order chi connectivity index (χ1) is 10.3. The molecule has 0 aliphatic heterocycles. The van der Waals surface area contributed by atoms with Crippen LogP contribution in [0.1, 0.15) is 51.0 Å². The van der Waals surface area contributed by atoms with E-state index in [4.69, 9.17) is 0 Å². The molecule has 21 heavy (non-hydrogen) atoms. The van der Waals surface area contributed by atoms with Crippen LogP contribution in [-0.4, -0.2) is 29.9 Å². The Hall–Kier alpha value is -1.35. The van der Waals surface area contributed by atoms with Gasteiger partial charge in [-0.3, -0.25) is 4.79 Å². The average Bonchev–Trinajstić information content (AvgIpc) is 2.80. The van der Waals surface area contributed by atoms with Gasteiger partial charge >= 0.3 is 0 Å². The number of rotatable bonds is 6. The summed E-state index contributed by atoms with van der Waals surface area (Å²) in [4.78, 5) is 14.3. The molecule has 116 valence electrons. The SMILES string of the molecule is CCN(Cc1ccccc1)C(=O)CNC1CCCCCC1. The van der Waals surface area contributed by atoms with E-state index in [-0.39, 0.29) is 5.91 Å². The number of nitrogens with one attached hydrogen (secondary N) is 1. The first-order valence-corrected chi connectivity index (χ1v) is 8.34. The van der Waals surface area contributed by atoms with Gasteiger partial charge in [-0.2, -0.15) is 0 Å². The highest BCUT2D eigenvalue weighted by Crippen LogP contribution is 2.17. The third-order valence-electron chi connectivity index (χ3n) is 4.35. The Labute approximate surface area is 128 Å². The molecule has 0 aromatic heterocycles. The number of hydrogen-bond acceptors (Lipinski definition) is 2. The summed E-state index contributed by atoms with van der Waals surface area (Å²) in [6, 6.07) is 10.7. The second-order valence-electron chi connectivity index (χ2n) is 5.96. The highest BCUT2D eigenvalue weighted by Gasteiger charge is 2.16. The molecule has 1 amide bonds. The third kappa shape index (κ3) is 5.50. The number of benzene rings is 1. The van der Waals surface area contributed by atoms with Gasteiger partial charge in [0, 0.05) is 19.1 Å². The van der Waals surface area contributed by atoms with Crippen molar-refractivity contribution in [3.63, 3.8) is 0 Å². The molecule has 1 aliphatic carbocycles. The molecule has 3 nitrogen and oxygen atoms in total. The second-order valence-corrected chi connectivity index (χ2v) is 5.96. The molecule has 1 fully saturated rings. The molecule has 0 heterocycles. The maximum Gasteiger partial charge on any atom is 0.236 e. The fraction of sp³-hybridized carbons (Fsp3) is 0.611. The van der Waals surface area contributed by atoms with E-state index in [1.807, 2.05) is 30.0 Å². The van der Waals surface area contributed by atoms with E-state index >= 15 is 0 Å². The number of amides is 1. The van der Waals surface area contributed by atoms with E-state index in [0.717, 1.165) is 6.54 Å². The van der Waals surface area contributed by atoms with E-state index in [9.17, 15) is 4.79 Å². The van der Waals surface area contributed by atoms with Crippen molar-refractivity contribution in [2.75, 3.05) is 13.1 Å². The Morgan fingerprint density at radius 1 is 1.14 bits per heavy atom. The van der Waals surface area contributed by atoms with Gasteiger partial charge in [-0.25, -0.2) is 0 Å². The monoisotopic (exact) mass is 288 g/mol. The zero-order valence-corrected chi connectivity index (χ0v) is 13.2. The minimum Gasteiger partial charge on any atom is -0.338 e. The van der Waals surface area contributed by atoms with Crippen molar-refractivity contribution in [3.8, 4) is 0 Å². The summed E-state index contributed by atoms with van der Waals surface area (Å²) >= 11 is 0. The van der Waals surface area contributed by atoms with E-state index in [2.05, 4.69) is 17.4 Å². The standard InChI is InChI=1S/C18H28N2O/c1-2-20(15-16-10-6-5-7-11-16)18(21)14-19-17-12-8-3-4-9-13-17/h5-7,10-11,17,19H,2-4,8-9,12-15H2,1H3. The molecule has 0 saturated heterocycles. The molecule has 1 aromatic rings. The summed E-state index contributed by atoms with van der Waals surface area (Å²) in [5, 5.41) is 3.47. The van der Waals surface area contributed by atoms with Gasteiger partial charge in [-0.05, 0) is 25.3 Å². The first kappa shape index (κ1) is 16.0. The molecule has 1 N–H and O–H groups in total. The fourth-order valence-corrected chi connectivity index (χ4v) is 3.01. The predicted octanol–water partition coefficient (Wildman–Crippen LogP) is 3.35. The van der Waals surface area contributed by atoms with Crippen LogP contribution in [0, 0.1) is 0 Å². The van der Waals surface area contributed by atoms with Gasteiger partial charge in [-0.15, -0.1) is 0 Å². The molecule has 1 saturated carbocycles. The summed E-state index contributed by atoms with van der Waals surface area (Å²) in [7, 11) is 0. The van der Waals surface area contributed by atoms with Crippen LogP contribution in [0.5, 0.6) is 0 Å². The van der Waals surface area contributed by atoms with Gasteiger partial charge in [-0.1, -0.05) is 56.0 Å². The summed E-state index contributed by atoms with van der Waals surface area (Å²) < 4.78 is 0. The Kier molecular flexibility index (Phi) is 6.74. The Bertz CT molecular complexity index is 410. The summed E-state index contributed by atoms with van der Waals surface area (Å²) in [6.45, 7) is 4.00. The number of carbonyl (C=O) groups is 1. The summed E-state index contributed by atoms with van der Waals surface area (Å²) in [6.07, 6.45) is 7.74. The Balaban J connectivity index is 1.79. The van der Waals surface area contributed by atoms with E-state index in [0.29, 0.717) is 19.1 Å². The van der Waals surface area contributed by atoms with E-state index in [1.54, 1.807) is 0 Å². The van der Waals surface area contributed by atoms with Crippen LogP contribution in [0.3, 0.4) is 0 Å². The maximum absolute atomic E-state index is 12.4. The van der Waals surface area contributed by atoms with Crippen LogP contribution >= 0.6 is 0 Å². The highest BCUT2D eigenvalue weighted by atomic mass is 16.2. The van der Waals surface area contributed by atoms with Gasteiger partial charge in [0.1, 0.15) is 0 Å². The Morgan fingerprint density at radius 2 is 1.81 bits per heavy atom. The van der Waals surface area contributed by atoms with Gasteiger partial charge in [0.25, 0.3) is 0 Å². The quantitative estimate of drug-likeness (QED) is 0.814. The Morgan fingerprint density at radius 3 is 2.43 bits per heavy atom. The van der Waals surface area contributed by atoms with Crippen molar-refractivity contribution in [2.24, 2.45) is 0 Å². The lowest BCUT2D eigenvalue weighted by molar-refractivity contribution is -0.130. The third-order valence-corrected chi connectivity index (χ3v) is 4.35. The first-order valence-electron chi connectivity index (χ1n) is 8.34. The van der Waals surface area contributed by atoms with Crippen LogP contribution in [0.4, 0.5) is 0 Å². The lowest BCUT2D eigenvalue weighted by Gasteiger charge is -2.23. The molecular weight excluding hydrogens is 260 g/mol. The van der Waals surface area contributed by atoms with Crippen LogP contribution in [-0.2, 0) is 11.3 Å². The highest BCUT2D eigenvalue weighted by molar-refractivity contribution is 5.78. The molecule has 0 atom stereocenters. The summed E-state index contributed by atoms with van der Waals surface area (Å²) in [5.41, 5.74) is 1.20. The van der Waals surface area contributed by atoms with E-state index in [1.165, 1.54) is 44.1 Å². The molecule has 0 unspecified atom stereocenters. The topological polar surface area (TPSA) is 32.3 Å². The largest absolute Gasteiger partial charge is 0.338 e. The van der Waals surface area contributed by atoms with Crippen LogP contribution in [0.2, 0.25) is 0 Å². The van der Waals surface area contributed by atoms with Crippen LogP contribution in [0.25, 0.3) is 0 Å². The minimum absolute atomic E-state index is 0.214. The minimum atomic E-state index is 0.214.